The van der Waals surface area contributed by atoms with Crippen molar-refractivity contribution >= 4 is 11.4 Å². The summed E-state index contributed by atoms with van der Waals surface area (Å²) >= 11 is 0. The van der Waals surface area contributed by atoms with E-state index in [-0.39, 0.29) is 0 Å². The van der Waals surface area contributed by atoms with Crippen molar-refractivity contribution in [3.05, 3.63) is 133 Å². The topological polar surface area (TPSA) is 24.7 Å². The van der Waals surface area contributed by atoms with Crippen LogP contribution in [-0.4, -0.2) is 0 Å². The molecule has 0 unspecified atom stereocenters. The van der Waals surface area contributed by atoms with Crippen molar-refractivity contribution in [3.8, 4) is 33.4 Å². The van der Waals surface area contributed by atoms with Crippen LogP contribution in [0.5, 0.6) is 0 Å². The maximum atomic E-state index is 4.71. The average molecular weight is 425 g/mol. The molecule has 5 aromatic carbocycles. The van der Waals surface area contributed by atoms with Gasteiger partial charge in [-0.3, -0.25) is 0 Å². The van der Waals surface area contributed by atoms with Crippen LogP contribution in [0.3, 0.4) is 0 Å². The van der Waals surface area contributed by atoms with Crippen LogP contribution in [0.25, 0.3) is 33.4 Å². The molecule has 0 radical (unpaired) electrons. The lowest BCUT2D eigenvalue weighted by atomic mass is 9.84. The first-order valence-electron chi connectivity index (χ1n) is 11.1. The van der Waals surface area contributed by atoms with E-state index in [9.17, 15) is 0 Å². The van der Waals surface area contributed by atoms with E-state index in [0.717, 1.165) is 28.1 Å². The summed E-state index contributed by atoms with van der Waals surface area (Å²) in [6, 6.07) is 43.7. The van der Waals surface area contributed by atoms with Gasteiger partial charge in [-0.05, 0) is 64.1 Å². The third kappa shape index (κ3) is 4.37. The second kappa shape index (κ2) is 9.46. The monoisotopic (exact) mass is 424 g/mol. The summed E-state index contributed by atoms with van der Waals surface area (Å²) in [5.74, 6) is 0. The minimum Gasteiger partial charge on any atom is -0.151 e. The molecule has 0 heterocycles. The lowest BCUT2D eigenvalue weighted by Gasteiger charge is -2.20. The van der Waals surface area contributed by atoms with Crippen LogP contribution in [0.2, 0.25) is 0 Å². The third-order valence-electron chi connectivity index (χ3n) is 5.80. The minimum atomic E-state index is 0.839. The fourth-order valence-electron chi connectivity index (χ4n) is 4.19. The van der Waals surface area contributed by atoms with Crippen LogP contribution in [0.4, 0.5) is 11.4 Å². The van der Waals surface area contributed by atoms with Gasteiger partial charge in [-0.15, -0.1) is 0 Å². The van der Waals surface area contributed by atoms with E-state index >= 15 is 0 Å². The standard InChI is InChI=1S/C31H24N2/c1-23-29(33-32-27-20-12-5-13-21-27)22-28(24-14-6-2-7-15-24)31(26-18-10-4-11-19-26)30(23)25-16-8-3-9-17-25/h2-22H,1H3. The van der Waals surface area contributed by atoms with Gasteiger partial charge in [0, 0.05) is 0 Å². The summed E-state index contributed by atoms with van der Waals surface area (Å²) in [7, 11) is 0. The maximum Gasteiger partial charge on any atom is 0.0899 e. The molecule has 0 aliphatic heterocycles. The molecule has 0 spiro atoms. The second-order valence-electron chi connectivity index (χ2n) is 7.95. The molecule has 0 aliphatic rings. The van der Waals surface area contributed by atoms with Gasteiger partial charge in [0.15, 0.2) is 0 Å². The van der Waals surface area contributed by atoms with E-state index in [2.05, 4.69) is 103 Å². The molecule has 0 aromatic heterocycles. The molecule has 5 rings (SSSR count). The van der Waals surface area contributed by atoms with Crippen LogP contribution in [0, 0.1) is 6.92 Å². The Hall–Kier alpha value is -4.30. The van der Waals surface area contributed by atoms with Crippen molar-refractivity contribution in [1.29, 1.82) is 0 Å². The fraction of sp³-hybridized carbons (Fsp3) is 0.0323. The van der Waals surface area contributed by atoms with Crippen molar-refractivity contribution in [1.82, 2.24) is 0 Å². The number of rotatable bonds is 5. The first-order valence-corrected chi connectivity index (χ1v) is 11.1. The van der Waals surface area contributed by atoms with Gasteiger partial charge >= 0.3 is 0 Å². The number of hydrogen-bond donors (Lipinski definition) is 0. The van der Waals surface area contributed by atoms with Crippen LogP contribution in [0.15, 0.2) is 138 Å². The zero-order valence-corrected chi connectivity index (χ0v) is 18.5. The van der Waals surface area contributed by atoms with Crippen LogP contribution >= 0.6 is 0 Å². The molecule has 5 aromatic rings. The molecular weight excluding hydrogens is 400 g/mol. The molecule has 33 heavy (non-hydrogen) atoms. The van der Waals surface area contributed by atoms with E-state index in [0.29, 0.717) is 0 Å². The number of benzene rings is 5. The number of azo groups is 1. The van der Waals surface area contributed by atoms with E-state index < -0.39 is 0 Å². The van der Waals surface area contributed by atoms with Crippen LogP contribution in [0.1, 0.15) is 5.56 Å². The molecule has 0 amide bonds. The van der Waals surface area contributed by atoms with Crippen molar-refractivity contribution in [2.75, 3.05) is 0 Å². The Balaban J connectivity index is 1.82. The fourth-order valence-corrected chi connectivity index (χ4v) is 4.19. The number of hydrogen-bond acceptors (Lipinski definition) is 2. The van der Waals surface area contributed by atoms with Gasteiger partial charge in [0.25, 0.3) is 0 Å². The molecule has 0 bridgehead atoms. The molecule has 0 atom stereocenters. The Labute approximate surface area is 194 Å². The lowest BCUT2D eigenvalue weighted by molar-refractivity contribution is 1.21. The zero-order chi connectivity index (χ0) is 22.5. The Morgan fingerprint density at radius 3 is 1.45 bits per heavy atom. The van der Waals surface area contributed by atoms with Crippen molar-refractivity contribution in [3.63, 3.8) is 0 Å². The van der Waals surface area contributed by atoms with Crippen LogP contribution in [-0.2, 0) is 0 Å². The smallest absolute Gasteiger partial charge is 0.0899 e. The summed E-state index contributed by atoms with van der Waals surface area (Å²) in [6.07, 6.45) is 0. The Morgan fingerprint density at radius 1 is 0.455 bits per heavy atom. The van der Waals surface area contributed by atoms with E-state index in [1.165, 1.54) is 22.3 Å². The molecule has 0 saturated heterocycles. The van der Waals surface area contributed by atoms with E-state index in [1.807, 2.05) is 36.4 Å². The van der Waals surface area contributed by atoms with E-state index in [4.69, 9.17) is 5.11 Å². The first-order chi connectivity index (χ1) is 16.3. The molecular formula is C31H24N2. The Morgan fingerprint density at radius 2 is 0.909 bits per heavy atom. The average Bonchev–Trinajstić information content (AvgIpc) is 2.90. The molecule has 0 aliphatic carbocycles. The minimum absolute atomic E-state index is 0.839. The highest BCUT2D eigenvalue weighted by molar-refractivity contribution is 5.98. The van der Waals surface area contributed by atoms with Gasteiger partial charge in [0.2, 0.25) is 0 Å². The summed E-state index contributed by atoms with van der Waals surface area (Å²) in [5.41, 5.74) is 9.88. The van der Waals surface area contributed by atoms with Gasteiger partial charge in [-0.2, -0.15) is 10.2 Å². The summed E-state index contributed by atoms with van der Waals surface area (Å²) in [4.78, 5) is 0. The highest BCUT2D eigenvalue weighted by Gasteiger charge is 2.19. The summed E-state index contributed by atoms with van der Waals surface area (Å²) in [5, 5.41) is 9.24. The normalized spacial score (nSPS) is 11.1. The highest BCUT2D eigenvalue weighted by Crippen LogP contribution is 2.45. The zero-order valence-electron chi connectivity index (χ0n) is 18.5. The van der Waals surface area contributed by atoms with Crippen molar-refractivity contribution < 1.29 is 0 Å². The predicted octanol–water partition coefficient (Wildman–Crippen LogP) is 9.41. The SMILES string of the molecule is Cc1c(N=Nc2ccccc2)cc(-c2ccccc2)c(-c2ccccc2)c1-c1ccccc1. The quantitative estimate of drug-likeness (QED) is 0.251. The molecule has 0 N–H and O–H groups in total. The third-order valence-corrected chi connectivity index (χ3v) is 5.80. The van der Waals surface area contributed by atoms with Gasteiger partial charge in [0.05, 0.1) is 11.4 Å². The highest BCUT2D eigenvalue weighted by atomic mass is 15.1. The molecule has 2 nitrogen and oxygen atoms in total. The van der Waals surface area contributed by atoms with Gasteiger partial charge < -0.3 is 0 Å². The summed E-state index contributed by atoms with van der Waals surface area (Å²) < 4.78 is 0. The van der Waals surface area contributed by atoms with Crippen LogP contribution < -0.4 is 0 Å². The summed E-state index contributed by atoms with van der Waals surface area (Å²) in [6.45, 7) is 2.14. The first kappa shape index (κ1) is 20.6. The van der Waals surface area contributed by atoms with Gasteiger partial charge in [-0.25, -0.2) is 0 Å². The predicted molar refractivity (Wildman–Crippen MR) is 138 cm³/mol. The maximum absolute atomic E-state index is 4.71. The molecule has 158 valence electrons. The molecule has 2 heteroatoms. The van der Waals surface area contributed by atoms with Gasteiger partial charge in [0.1, 0.15) is 0 Å². The lowest BCUT2D eigenvalue weighted by Crippen LogP contribution is -1.94. The second-order valence-corrected chi connectivity index (χ2v) is 7.95. The van der Waals surface area contributed by atoms with Crippen molar-refractivity contribution in [2.24, 2.45) is 10.2 Å². The largest absolute Gasteiger partial charge is 0.151 e. The van der Waals surface area contributed by atoms with E-state index in [1.54, 1.807) is 0 Å². The number of nitrogens with zero attached hydrogens (tertiary/aromatic N) is 2. The van der Waals surface area contributed by atoms with Gasteiger partial charge in [-0.1, -0.05) is 109 Å². The Bertz CT molecular complexity index is 1380. The molecule has 0 saturated carbocycles. The Kier molecular flexibility index (Phi) is 5.90. The van der Waals surface area contributed by atoms with Crippen molar-refractivity contribution in [2.45, 2.75) is 6.92 Å². The molecule has 0 fully saturated rings.